The second kappa shape index (κ2) is 4.83. The number of piperidine rings is 1. The van der Waals surface area contributed by atoms with E-state index in [1.54, 1.807) is 0 Å². The first-order valence-electron chi connectivity index (χ1n) is 5.54. The van der Waals surface area contributed by atoms with E-state index in [-0.39, 0.29) is 4.90 Å². The molecule has 0 unspecified atom stereocenters. The zero-order valence-electron chi connectivity index (χ0n) is 9.70. The lowest BCUT2D eigenvalue weighted by Crippen LogP contribution is -2.32. The molecule has 0 amide bonds. The van der Waals surface area contributed by atoms with Gasteiger partial charge in [0.15, 0.2) is 0 Å². The molecular weight excluding hydrogens is 238 g/mol. The molecule has 6 heteroatoms. The van der Waals surface area contributed by atoms with Crippen LogP contribution in [0.5, 0.6) is 0 Å². The molecule has 0 spiro atoms. The van der Waals surface area contributed by atoms with E-state index in [0.717, 1.165) is 25.8 Å². The lowest BCUT2D eigenvalue weighted by Gasteiger charge is -2.25. The van der Waals surface area contributed by atoms with E-state index in [1.165, 1.54) is 24.5 Å². The van der Waals surface area contributed by atoms with Gasteiger partial charge in [0.25, 0.3) is 10.0 Å². The Bertz CT molecular complexity index is 511. The summed E-state index contributed by atoms with van der Waals surface area (Å²) in [5, 5.41) is 0. The highest BCUT2D eigenvalue weighted by atomic mass is 32.2. The first kappa shape index (κ1) is 12.0. The Hall–Kier alpha value is -1.43. The number of pyridine rings is 1. The molecular formula is C11H15N3O2S. The van der Waals surface area contributed by atoms with Crippen molar-refractivity contribution in [2.45, 2.75) is 24.2 Å². The SMILES string of the molecule is CN1CCCC/C1=N/S(=O)(=O)c1ccncc1. The standard InChI is InChI=1S/C11H15N3O2S/c1-14-9-3-2-4-11(14)13-17(15,16)10-5-7-12-8-6-10/h5-8H,2-4,9H2,1H3/b13-11-. The molecule has 5 nitrogen and oxygen atoms in total. The molecule has 1 aliphatic rings. The van der Waals surface area contributed by atoms with E-state index in [4.69, 9.17) is 0 Å². The van der Waals surface area contributed by atoms with Crippen LogP contribution in [0.15, 0.2) is 33.8 Å². The number of nitrogens with zero attached hydrogens (tertiary/aromatic N) is 3. The van der Waals surface area contributed by atoms with Gasteiger partial charge in [0, 0.05) is 32.4 Å². The first-order chi connectivity index (χ1) is 8.09. The molecule has 0 atom stereocenters. The van der Waals surface area contributed by atoms with Gasteiger partial charge in [-0.3, -0.25) is 4.98 Å². The Labute approximate surface area is 101 Å². The summed E-state index contributed by atoms with van der Waals surface area (Å²) in [6.07, 6.45) is 5.72. The van der Waals surface area contributed by atoms with Crippen molar-refractivity contribution in [3.63, 3.8) is 0 Å². The number of hydrogen-bond donors (Lipinski definition) is 0. The molecule has 0 radical (unpaired) electrons. The van der Waals surface area contributed by atoms with Gasteiger partial charge in [-0.05, 0) is 25.0 Å². The van der Waals surface area contributed by atoms with Crippen LogP contribution in [0.2, 0.25) is 0 Å². The van der Waals surface area contributed by atoms with Gasteiger partial charge in [-0.15, -0.1) is 4.40 Å². The van der Waals surface area contributed by atoms with Gasteiger partial charge >= 0.3 is 0 Å². The third-order valence-electron chi connectivity index (χ3n) is 2.76. The van der Waals surface area contributed by atoms with E-state index in [1.807, 2.05) is 11.9 Å². The van der Waals surface area contributed by atoms with Crippen LogP contribution in [0.4, 0.5) is 0 Å². The molecule has 1 saturated heterocycles. The van der Waals surface area contributed by atoms with Crippen LogP contribution in [0.3, 0.4) is 0 Å². The summed E-state index contributed by atoms with van der Waals surface area (Å²) in [7, 11) is -1.71. The summed E-state index contributed by atoms with van der Waals surface area (Å²) in [5.74, 6) is 0.646. The predicted octanol–water partition coefficient (Wildman–Crippen LogP) is 1.28. The van der Waals surface area contributed by atoms with Gasteiger partial charge in [0.2, 0.25) is 0 Å². The normalized spacial score (nSPS) is 19.6. The zero-order valence-corrected chi connectivity index (χ0v) is 10.5. The minimum absolute atomic E-state index is 0.193. The van der Waals surface area contributed by atoms with Crippen molar-refractivity contribution < 1.29 is 8.42 Å². The summed E-state index contributed by atoms with van der Waals surface area (Å²) in [5.41, 5.74) is 0. The average molecular weight is 253 g/mol. The van der Waals surface area contributed by atoms with E-state index in [9.17, 15) is 8.42 Å². The summed E-state index contributed by atoms with van der Waals surface area (Å²) >= 11 is 0. The molecule has 17 heavy (non-hydrogen) atoms. The minimum Gasteiger partial charge on any atom is -0.362 e. The largest absolute Gasteiger partial charge is 0.362 e. The maximum Gasteiger partial charge on any atom is 0.284 e. The highest BCUT2D eigenvalue weighted by molar-refractivity contribution is 7.90. The molecule has 2 heterocycles. The molecule has 0 aliphatic carbocycles. The molecule has 0 N–H and O–H groups in total. The van der Waals surface area contributed by atoms with Gasteiger partial charge < -0.3 is 4.90 Å². The number of aromatic nitrogens is 1. The molecule has 0 bridgehead atoms. The van der Waals surface area contributed by atoms with E-state index >= 15 is 0 Å². The number of amidine groups is 1. The Morgan fingerprint density at radius 1 is 1.29 bits per heavy atom. The minimum atomic E-state index is -3.59. The van der Waals surface area contributed by atoms with E-state index < -0.39 is 10.0 Å². The van der Waals surface area contributed by atoms with Gasteiger partial charge in [-0.25, -0.2) is 0 Å². The molecule has 1 aromatic rings. The van der Waals surface area contributed by atoms with Crippen molar-refractivity contribution >= 4 is 15.9 Å². The van der Waals surface area contributed by atoms with Gasteiger partial charge in [0.1, 0.15) is 5.84 Å². The molecule has 1 aliphatic heterocycles. The second-order valence-corrected chi connectivity index (χ2v) is 5.65. The smallest absolute Gasteiger partial charge is 0.284 e. The quantitative estimate of drug-likeness (QED) is 0.796. The number of rotatable bonds is 2. The van der Waals surface area contributed by atoms with Crippen LogP contribution in [-0.4, -0.2) is 37.7 Å². The lowest BCUT2D eigenvalue weighted by atomic mass is 10.1. The maximum absolute atomic E-state index is 12.0. The zero-order chi connectivity index (χ0) is 12.3. The Kier molecular flexibility index (Phi) is 3.42. The molecule has 92 valence electrons. The Morgan fingerprint density at radius 3 is 2.65 bits per heavy atom. The first-order valence-corrected chi connectivity index (χ1v) is 6.98. The molecule has 0 aromatic carbocycles. The van der Waals surface area contributed by atoms with Crippen molar-refractivity contribution in [1.82, 2.24) is 9.88 Å². The Morgan fingerprint density at radius 2 is 2.00 bits per heavy atom. The lowest BCUT2D eigenvalue weighted by molar-refractivity contribution is 0.434. The topological polar surface area (TPSA) is 62.6 Å². The van der Waals surface area contributed by atoms with Crippen LogP contribution >= 0.6 is 0 Å². The van der Waals surface area contributed by atoms with Crippen molar-refractivity contribution in [2.24, 2.45) is 4.40 Å². The number of sulfonamides is 1. The van der Waals surface area contributed by atoms with Crippen molar-refractivity contribution in [3.05, 3.63) is 24.5 Å². The van der Waals surface area contributed by atoms with Gasteiger partial charge in [0.05, 0.1) is 4.90 Å². The van der Waals surface area contributed by atoms with Gasteiger partial charge in [-0.2, -0.15) is 8.42 Å². The molecule has 0 saturated carbocycles. The van der Waals surface area contributed by atoms with Crippen LogP contribution in [0.25, 0.3) is 0 Å². The van der Waals surface area contributed by atoms with Gasteiger partial charge in [-0.1, -0.05) is 0 Å². The van der Waals surface area contributed by atoms with Crippen LogP contribution in [0, 0.1) is 0 Å². The highest BCUT2D eigenvalue weighted by Gasteiger charge is 2.18. The summed E-state index contributed by atoms with van der Waals surface area (Å²) < 4.78 is 27.9. The van der Waals surface area contributed by atoms with E-state index in [2.05, 4.69) is 9.38 Å². The predicted molar refractivity (Wildman–Crippen MR) is 65.3 cm³/mol. The number of hydrogen-bond acceptors (Lipinski definition) is 3. The monoisotopic (exact) mass is 253 g/mol. The van der Waals surface area contributed by atoms with Crippen LogP contribution in [-0.2, 0) is 10.0 Å². The third kappa shape index (κ3) is 2.82. The van der Waals surface area contributed by atoms with Crippen LogP contribution < -0.4 is 0 Å². The van der Waals surface area contributed by atoms with Crippen molar-refractivity contribution in [3.8, 4) is 0 Å². The second-order valence-electron chi connectivity index (χ2n) is 4.04. The highest BCUT2D eigenvalue weighted by Crippen LogP contribution is 2.15. The maximum atomic E-state index is 12.0. The molecule has 2 rings (SSSR count). The summed E-state index contributed by atoms with van der Waals surface area (Å²) in [6.45, 7) is 0.866. The average Bonchev–Trinajstić information content (AvgIpc) is 2.33. The molecule has 1 aromatic heterocycles. The van der Waals surface area contributed by atoms with E-state index in [0.29, 0.717) is 5.84 Å². The molecule has 1 fully saturated rings. The van der Waals surface area contributed by atoms with Crippen molar-refractivity contribution in [2.75, 3.05) is 13.6 Å². The number of likely N-dealkylation sites (tertiary alicyclic amines) is 1. The van der Waals surface area contributed by atoms with Crippen molar-refractivity contribution in [1.29, 1.82) is 0 Å². The third-order valence-corrected chi connectivity index (χ3v) is 4.08. The van der Waals surface area contributed by atoms with Crippen LogP contribution in [0.1, 0.15) is 19.3 Å². The fourth-order valence-corrected chi connectivity index (χ4v) is 2.85. The summed E-state index contributed by atoms with van der Waals surface area (Å²) in [6, 6.07) is 2.92. The Balaban J connectivity index is 2.31. The fourth-order valence-electron chi connectivity index (χ4n) is 1.77. The fraction of sp³-hybridized carbons (Fsp3) is 0.455. The summed E-state index contributed by atoms with van der Waals surface area (Å²) in [4.78, 5) is 5.90.